The number of nitrogens with two attached hydrogens (primary N) is 1. The Hall–Kier alpha value is -1.95. The van der Waals surface area contributed by atoms with Gasteiger partial charge in [0.2, 0.25) is 0 Å². The number of benzene rings is 1. The number of carboxylic acids is 1. The second-order valence-electron chi connectivity index (χ2n) is 5.89. The van der Waals surface area contributed by atoms with E-state index in [0.717, 1.165) is 6.42 Å². The molecular weight excluding hydrogens is 274 g/mol. The highest BCUT2D eigenvalue weighted by Crippen LogP contribution is 2.33. The molecule has 0 saturated carbocycles. The second-order valence-corrected chi connectivity index (χ2v) is 5.89. The molecule has 118 valence electrons. The van der Waals surface area contributed by atoms with Crippen LogP contribution >= 0.6 is 0 Å². The van der Waals surface area contributed by atoms with Gasteiger partial charge in [0.1, 0.15) is 22.8 Å². The number of aromatic hydroxyl groups is 3. The molecule has 1 aromatic carbocycles. The summed E-state index contributed by atoms with van der Waals surface area (Å²) in [5.41, 5.74) is 4.84. The predicted molar refractivity (Wildman–Crippen MR) is 78.4 cm³/mol. The maximum absolute atomic E-state index is 11.0. The van der Waals surface area contributed by atoms with E-state index < -0.39 is 11.5 Å². The average molecular weight is 297 g/mol. The third kappa shape index (κ3) is 4.82. The van der Waals surface area contributed by atoms with Crippen LogP contribution in [0.1, 0.15) is 38.7 Å². The van der Waals surface area contributed by atoms with Crippen molar-refractivity contribution in [1.82, 2.24) is 0 Å². The summed E-state index contributed by atoms with van der Waals surface area (Å²) in [6.07, 6.45) is 2.19. The molecule has 21 heavy (non-hydrogen) atoms. The van der Waals surface area contributed by atoms with Crippen molar-refractivity contribution in [3.8, 4) is 17.2 Å². The highest BCUT2D eigenvalue weighted by molar-refractivity contribution is 5.77. The van der Waals surface area contributed by atoms with Gasteiger partial charge in [-0.25, -0.2) is 0 Å². The van der Waals surface area contributed by atoms with E-state index >= 15 is 0 Å². The highest BCUT2D eigenvalue weighted by atomic mass is 16.4. The average Bonchev–Trinajstić information content (AvgIpc) is 2.31. The Kier molecular flexibility index (Phi) is 5.43. The van der Waals surface area contributed by atoms with Crippen molar-refractivity contribution < 1.29 is 25.2 Å². The molecule has 0 fully saturated rings. The number of carboxylic acid groups (broad SMARTS) is 1. The van der Waals surface area contributed by atoms with E-state index in [1.807, 2.05) is 6.92 Å². The SMILES string of the molecule is CC(CCCc1c(O)cc(O)cc1O)CC(C)(N)C(=O)O. The Balaban J connectivity index is 2.53. The minimum absolute atomic E-state index is 0.109. The molecule has 0 aliphatic heterocycles. The number of carbonyl (C=O) groups is 1. The van der Waals surface area contributed by atoms with Crippen molar-refractivity contribution in [2.75, 3.05) is 0 Å². The first-order chi connectivity index (χ1) is 9.63. The van der Waals surface area contributed by atoms with Crippen LogP contribution in [0, 0.1) is 5.92 Å². The summed E-state index contributed by atoms with van der Waals surface area (Å²) >= 11 is 0. The van der Waals surface area contributed by atoms with Gasteiger partial charge in [-0.1, -0.05) is 13.3 Å². The predicted octanol–water partition coefficient (Wildman–Crippen LogP) is 1.95. The number of hydrogen-bond donors (Lipinski definition) is 5. The van der Waals surface area contributed by atoms with E-state index in [9.17, 15) is 20.1 Å². The summed E-state index contributed by atoms with van der Waals surface area (Å²) in [6, 6.07) is 2.36. The molecule has 1 rings (SSSR count). The number of aliphatic carboxylic acids is 1. The van der Waals surface area contributed by atoms with Gasteiger partial charge in [0.25, 0.3) is 0 Å². The largest absolute Gasteiger partial charge is 0.508 e. The molecule has 0 saturated heterocycles. The van der Waals surface area contributed by atoms with Gasteiger partial charge < -0.3 is 26.2 Å². The van der Waals surface area contributed by atoms with Gasteiger partial charge in [-0.3, -0.25) is 4.79 Å². The molecule has 1 aromatic rings. The van der Waals surface area contributed by atoms with E-state index in [1.165, 1.54) is 19.1 Å². The van der Waals surface area contributed by atoms with Gasteiger partial charge in [0, 0.05) is 17.7 Å². The lowest BCUT2D eigenvalue weighted by Gasteiger charge is -2.23. The fourth-order valence-corrected chi connectivity index (χ4v) is 2.42. The van der Waals surface area contributed by atoms with Crippen LogP contribution in [0.25, 0.3) is 0 Å². The molecule has 6 heteroatoms. The Labute approximate surface area is 123 Å². The summed E-state index contributed by atoms with van der Waals surface area (Å²) in [6.45, 7) is 3.41. The van der Waals surface area contributed by atoms with Crippen LogP contribution < -0.4 is 5.73 Å². The number of phenolic OH excluding ortho intramolecular Hbond substituents is 3. The van der Waals surface area contributed by atoms with E-state index in [1.54, 1.807) is 0 Å². The maximum atomic E-state index is 11.0. The quantitative estimate of drug-likeness (QED) is 0.524. The van der Waals surface area contributed by atoms with Gasteiger partial charge in [0.15, 0.2) is 0 Å². The third-order valence-corrected chi connectivity index (χ3v) is 3.57. The molecule has 2 atom stereocenters. The molecule has 6 nitrogen and oxygen atoms in total. The number of hydrogen-bond acceptors (Lipinski definition) is 5. The molecule has 0 radical (unpaired) electrons. The number of phenols is 3. The summed E-state index contributed by atoms with van der Waals surface area (Å²) in [4.78, 5) is 11.0. The van der Waals surface area contributed by atoms with E-state index in [0.29, 0.717) is 24.8 Å². The lowest BCUT2D eigenvalue weighted by molar-refractivity contribution is -0.143. The smallest absolute Gasteiger partial charge is 0.323 e. The molecule has 0 aliphatic carbocycles. The van der Waals surface area contributed by atoms with Gasteiger partial charge in [-0.2, -0.15) is 0 Å². The van der Waals surface area contributed by atoms with Crippen molar-refractivity contribution in [2.45, 2.75) is 45.1 Å². The van der Waals surface area contributed by atoms with E-state index in [-0.39, 0.29) is 23.2 Å². The number of rotatable bonds is 7. The molecule has 0 heterocycles. The van der Waals surface area contributed by atoms with E-state index in [4.69, 9.17) is 10.8 Å². The van der Waals surface area contributed by atoms with Crippen LogP contribution in [0.2, 0.25) is 0 Å². The molecule has 0 aromatic heterocycles. The van der Waals surface area contributed by atoms with Crippen molar-refractivity contribution in [1.29, 1.82) is 0 Å². The molecule has 0 bridgehead atoms. The summed E-state index contributed by atoms with van der Waals surface area (Å²) in [7, 11) is 0. The summed E-state index contributed by atoms with van der Waals surface area (Å²) < 4.78 is 0. The van der Waals surface area contributed by atoms with E-state index in [2.05, 4.69) is 0 Å². The van der Waals surface area contributed by atoms with Crippen LogP contribution in [0.3, 0.4) is 0 Å². The zero-order valence-electron chi connectivity index (χ0n) is 12.3. The summed E-state index contributed by atoms with van der Waals surface area (Å²) in [5, 5.41) is 37.6. The molecular formula is C15H23NO5. The Bertz CT molecular complexity index is 490. The molecule has 0 amide bonds. The highest BCUT2D eigenvalue weighted by Gasteiger charge is 2.29. The van der Waals surface area contributed by atoms with Gasteiger partial charge in [-0.15, -0.1) is 0 Å². The monoisotopic (exact) mass is 297 g/mol. The zero-order chi connectivity index (χ0) is 16.2. The first kappa shape index (κ1) is 17.1. The lowest BCUT2D eigenvalue weighted by Crippen LogP contribution is -2.46. The second kappa shape index (κ2) is 6.67. The first-order valence-corrected chi connectivity index (χ1v) is 6.89. The Morgan fingerprint density at radius 2 is 1.81 bits per heavy atom. The van der Waals surface area contributed by atoms with Crippen LogP contribution in [-0.2, 0) is 11.2 Å². The normalized spacial score (nSPS) is 15.4. The van der Waals surface area contributed by atoms with Crippen LogP contribution in [0.5, 0.6) is 17.2 Å². The fraction of sp³-hybridized carbons (Fsp3) is 0.533. The van der Waals surface area contributed by atoms with Gasteiger partial charge in [0.05, 0.1) is 0 Å². The third-order valence-electron chi connectivity index (χ3n) is 3.57. The molecule has 0 spiro atoms. The van der Waals surface area contributed by atoms with Crippen LogP contribution in [-0.4, -0.2) is 31.9 Å². The standard InChI is InChI=1S/C15H23NO5/c1-9(8-15(2,16)14(20)21)4-3-5-11-12(18)6-10(17)7-13(11)19/h6-7,9,17-19H,3-5,8,16H2,1-2H3,(H,20,21). The van der Waals surface area contributed by atoms with Gasteiger partial charge in [-0.05, 0) is 32.1 Å². The molecule has 2 unspecified atom stereocenters. The van der Waals surface area contributed by atoms with Crippen molar-refractivity contribution >= 4 is 5.97 Å². The van der Waals surface area contributed by atoms with Crippen molar-refractivity contribution in [3.63, 3.8) is 0 Å². The van der Waals surface area contributed by atoms with Gasteiger partial charge >= 0.3 is 5.97 Å². The summed E-state index contributed by atoms with van der Waals surface area (Å²) in [5.74, 6) is -1.40. The van der Waals surface area contributed by atoms with Crippen LogP contribution in [0.15, 0.2) is 12.1 Å². The lowest BCUT2D eigenvalue weighted by atomic mass is 9.87. The van der Waals surface area contributed by atoms with Crippen molar-refractivity contribution in [3.05, 3.63) is 17.7 Å². The topological polar surface area (TPSA) is 124 Å². The molecule has 6 N–H and O–H groups in total. The fourth-order valence-electron chi connectivity index (χ4n) is 2.42. The van der Waals surface area contributed by atoms with Crippen LogP contribution in [0.4, 0.5) is 0 Å². The Morgan fingerprint density at radius 3 is 2.29 bits per heavy atom. The molecule has 0 aliphatic rings. The maximum Gasteiger partial charge on any atom is 0.323 e. The minimum Gasteiger partial charge on any atom is -0.508 e. The zero-order valence-corrected chi connectivity index (χ0v) is 12.3. The minimum atomic E-state index is -1.25. The Morgan fingerprint density at radius 1 is 1.29 bits per heavy atom. The first-order valence-electron chi connectivity index (χ1n) is 6.89. The van der Waals surface area contributed by atoms with Crippen molar-refractivity contribution in [2.24, 2.45) is 11.7 Å².